The van der Waals surface area contributed by atoms with Crippen molar-refractivity contribution in [2.45, 2.75) is 18.2 Å². The topological polar surface area (TPSA) is 116 Å². The summed E-state index contributed by atoms with van der Waals surface area (Å²) in [6, 6.07) is 12.9. The quantitative estimate of drug-likeness (QED) is 0.624. The molecule has 8 nitrogen and oxygen atoms in total. The number of aliphatic carboxylic acids is 1. The molecule has 0 aliphatic rings. The number of hydrogen-bond donors (Lipinski definition) is 3. The number of benzene rings is 2. The highest BCUT2D eigenvalue weighted by Gasteiger charge is 2.23. The van der Waals surface area contributed by atoms with Crippen LogP contribution in [0.5, 0.6) is 0 Å². The van der Waals surface area contributed by atoms with Gasteiger partial charge >= 0.3 is 12.0 Å². The SMILES string of the molecule is CCCNC(=O)Nc1cccc(-c2cccc(S(=O)(=O)N(C)CC(=O)O)c2)c1. The molecule has 2 aromatic rings. The van der Waals surface area contributed by atoms with Gasteiger partial charge in [-0.25, -0.2) is 13.2 Å². The van der Waals surface area contributed by atoms with E-state index >= 15 is 0 Å². The van der Waals surface area contributed by atoms with Crippen LogP contribution in [0.1, 0.15) is 13.3 Å². The van der Waals surface area contributed by atoms with Gasteiger partial charge in [-0.3, -0.25) is 4.79 Å². The summed E-state index contributed by atoms with van der Waals surface area (Å²) >= 11 is 0. The summed E-state index contributed by atoms with van der Waals surface area (Å²) in [6.07, 6.45) is 0.824. The van der Waals surface area contributed by atoms with Gasteiger partial charge in [-0.1, -0.05) is 31.2 Å². The standard InChI is InChI=1S/C19H23N3O5S/c1-3-10-20-19(25)21-16-8-4-6-14(11-16)15-7-5-9-17(12-15)28(26,27)22(2)13-18(23)24/h4-9,11-12H,3,10,13H2,1-2H3,(H,23,24)(H2,20,21,25). The third-order valence-corrected chi connectivity index (χ3v) is 5.69. The number of carboxylic acids is 1. The summed E-state index contributed by atoms with van der Waals surface area (Å²) < 4.78 is 25.9. The molecule has 0 aliphatic heterocycles. The second-order valence-corrected chi connectivity index (χ2v) is 8.19. The second kappa shape index (κ2) is 9.34. The van der Waals surface area contributed by atoms with Gasteiger partial charge in [-0.05, 0) is 41.8 Å². The predicted molar refractivity (Wildman–Crippen MR) is 107 cm³/mol. The number of amides is 2. The monoisotopic (exact) mass is 405 g/mol. The number of anilines is 1. The minimum atomic E-state index is -3.93. The summed E-state index contributed by atoms with van der Waals surface area (Å²) in [7, 11) is -2.71. The van der Waals surface area contributed by atoms with E-state index in [-0.39, 0.29) is 10.9 Å². The first-order valence-electron chi connectivity index (χ1n) is 8.67. The van der Waals surface area contributed by atoms with E-state index in [4.69, 9.17) is 5.11 Å². The van der Waals surface area contributed by atoms with Crippen LogP contribution in [0, 0.1) is 0 Å². The molecule has 0 aromatic heterocycles. The van der Waals surface area contributed by atoms with E-state index < -0.39 is 22.5 Å². The first-order valence-corrected chi connectivity index (χ1v) is 10.1. The summed E-state index contributed by atoms with van der Waals surface area (Å²) in [4.78, 5) is 22.6. The molecule has 0 spiro atoms. The molecular formula is C19H23N3O5S. The average molecular weight is 405 g/mol. The van der Waals surface area contributed by atoms with Crippen LogP contribution in [0.3, 0.4) is 0 Å². The summed E-state index contributed by atoms with van der Waals surface area (Å²) in [6.45, 7) is 1.89. The van der Waals surface area contributed by atoms with Gasteiger partial charge in [0.1, 0.15) is 6.54 Å². The number of hydrogen-bond acceptors (Lipinski definition) is 4. The van der Waals surface area contributed by atoms with E-state index in [1.165, 1.54) is 19.2 Å². The molecule has 0 atom stereocenters. The number of carbonyl (C=O) groups is 2. The molecule has 0 saturated heterocycles. The second-order valence-electron chi connectivity index (χ2n) is 6.14. The molecule has 0 unspecified atom stereocenters. The molecule has 0 fully saturated rings. The Kier molecular flexibility index (Phi) is 7.13. The molecule has 28 heavy (non-hydrogen) atoms. The van der Waals surface area contributed by atoms with Crippen LogP contribution in [-0.4, -0.2) is 50.0 Å². The van der Waals surface area contributed by atoms with Crippen LogP contribution >= 0.6 is 0 Å². The van der Waals surface area contributed by atoms with Crippen LogP contribution in [0.4, 0.5) is 10.5 Å². The van der Waals surface area contributed by atoms with Crippen molar-refractivity contribution < 1.29 is 23.1 Å². The number of likely N-dealkylation sites (N-methyl/N-ethyl adjacent to an activating group) is 1. The minimum absolute atomic E-state index is 0.00667. The number of nitrogens with one attached hydrogen (secondary N) is 2. The largest absolute Gasteiger partial charge is 0.480 e. The van der Waals surface area contributed by atoms with Crippen LogP contribution in [0.25, 0.3) is 11.1 Å². The van der Waals surface area contributed by atoms with Crippen molar-refractivity contribution in [2.24, 2.45) is 0 Å². The summed E-state index contributed by atoms with van der Waals surface area (Å²) in [5, 5.41) is 14.3. The number of rotatable bonds is 8. The molecule has 0 bridgehead atoms. The fourth-order valence-corrected chi connectivity index (χ4v) is 3.65. The maximum absolute atomic E-state index is 12.6. The molecule has 0 saturated carbocycles. The number of carboxylic acid groups (broad SMARTS) is 1. The van der Waals surface area contributed by atoms with Gasteiger partial charge < -0.3 is 15.7 Å². The molecule has 150 valence electrons. The first-order chi connectivity index (χ1) is 13.2. The van der Waals surface area contributed by atoms with Gasteiger partial charge in [0.2, 0.25) is 10.0 Å². The van der Waals surface area contributed by atoms with E-state index in [0.717, 1.165) is 10.7 Å². The minimum Gasteiger partial charge on any atom is -0.480 e. The fourth-order valence-electron chi connectivity index (χ4n) is 2.48. The zero-order valence-corrected chi connectivity index (χ0v) is 16.5. The lowest BCUT2D eigenvalue weighted by Crippen LogP contribution is -2.32. The Morgan fingerprint density at radius 2 is 1.71 bits per heavy atom. The van der Waals surface area contributed by atoms with Gasteiger partial charge in [-0.2, -0.15) is 4.31 Å². The van der Waals surface area contributed by atoms with Crippen LogP contribution in [0.15, 0.2) is 53.4 Å². The molecule has 9 heteroatoms. The van der Waals surface area contributed by atoms with Crippen molar-refractivity contribution in [2.75, 3.05) is 25.5 Å². The number of urea groups is 1. The molecule has 2 rings (SSSR count). The zero-order chi connectivity index (χ0) is 20.7. The highest BCUT2D eigenvalue weighted by Crippen LogP contribution is 2.26. The summed E-state index contributed by atoms with van der Waals surface area (Å²) in [5.74, 6) is -1.23. The van der Waals surface area contributed by atoms with Gasteiger partial charge in [0.15, 0.2) is 0 Å². The molecular weight excluding hydrogens is 382 g/mol. The number of carbonyl (C=O) groups excluding carboxylic acids is 1. The van der Waals surface area contributed by atoms with Crippen molar-refractivity contribution in [3.8, 4) is 11.1 Å². The van der Waals surface area contributed by atoms with Crippen LogP contribution in [0.2, 0.25) is 0 Å². The molecule has 0 heterocycles. The van der Waals surface area contributed by atoms with Crippen molar-refractivity contribution in [3.05, 3.63) is 48.5 Å². The Morgan fingerprint density at radius 1 is 1.07 bits per heavy atom. The Labute approximate surface area is 164 Å². The zero-order valence-electron chi connectivity index (χ0n) is 15.7. The van der Waals surface area contributed by atoms with E-state index in [2.05, 4.69) is 10.6 Å². The van der Waals surface area contributed by atoms with Gasteiger partial charge in [0, 0.05) is 19.3 Å². The smallest absolute Gasteiger partial charge is 0.319 e. The predicted octanol–water partition coefficient (Wildman–Crippen LogP) is 2.59. The Morgan fingerprint density at radius 3 is 2.36 bits per heavy atom. The van der Waals surface area contributed by atoms with Crippen molar-refractivity contribution in [1.29, 1.82) is 0 Å². The van der Waals surface area contributed by atoms with Crippen molar-refractivity contribution in [1.82, 2.24) is 9.62 Å². The molecule has 2 amide bonds. The van der Waals surface area contributed by atoms with Gasteiger partial charge in [0.05, 0.1) is 4.90 Å². The van der Waals surface area contributed by atoms with E-state index in [1.54, 1.807) is 36.4 Å². The lowest BCUT2D eigenvalue weighted by atomic mass is 10.1. The Hall–Kier alpha value is -2.91. The van der Waals surface area contributed by atoms with E-state index in [1.807, 2.05) is 6.92 Å². The third kappa shape index (κ3) is 5.54. The lowest BCUT2D eigenvalue weighted by molar-refractivity contribution is -0.137. The lowest BCUT2D eigenvalue weighted by Gasteiger charge is -2.15. The van der Waals surface area contributed by atoms with Crippen LogP contribution in [-0.2, 0) is 14.8 Å². The van der Waals surface area contributed by atoms with E-state index in [9.17, 15) is 18.0 Å². The highest BCUT2D eigenvalue weighted by atomic mass is 32.2. The van der Waals surface area contributed by atoms with Crippen LogP contribution < -0.4 is 10.6 Å². The molecule has 0 radical (unpaired) electrons. The Balaban J connectivity index is 2.28. The maximum Gasteiger partial charge on any atom is 0.319 e. The summed E-state index contributed by atoms with van der Waals surface area (Å²) in [5.41, 5.74) is 1.91. The Bertz CT molecular complexity index is 960. The third-order valence-electron chi connectivity index (χ3n) is 3.89. The number of nitrogens with zero attached hydrogens (tertiary/aromatic N) is 1. The van der Waals surface area contributed by atoms with Crippen molar-refractivity contribution >= 4 is 27.7 Å². The molecule has 3 N–H and O–H groups in total. The van der Waals surface area contributed by atoms with Crippen molar-refractivity contribution in [3.63, 3.8) is 0 Å². The number of sulfonamides is 1. The van der Waals surface area contributed by atoms with Gasteiger partial charge in [0.25, 0.3) is 0 Å². The molecule has 0 aliphatic carbocycles. The fraction of sp³-hybridized carbons (Fsp3) is 0.263. The van der Waals surface area contributed by atoms with E-state index in [0.29, 0.717) is 23.4 Å². The average Bonchev–Trinajstić information content (AvgIpc) is 2.66. The maximum atomic E-state index is 12.6. The normalized spacial score (nSPS) is 11.2. The molecule has 2 aromatic carbocycles. The van der Waals surface area contributed by atoms with Gasteiger partial charge in [-0.15, -0.1) is 0 Å². The first kappa shape index (κ1) is 21.4. The highest BCUT2D eigenvalue weighted by molar-refractivity contribution is 7.89.